The third-order valence-electron chi connectivity index (χ3n) is 3.85. The van der Waals surface area contributed by atoms with E-state index in [2.05, 4.69) is 21.2 Å². The van der Waals surface area contributed by atoms with Gasteiger partial charge < -0.3 is 35.9 Å². The van der Waals surface area contributed by atoms with Gasteiger partial charge in [-0.15, -0.1) is 0 Å². The Hall–Kier alpha value is -1.04. The molecule has 0 bridgehead atoms. The Morgan fingerprint density at radius 1 is 1.37 bits per heavy atom. The van der Waals surface area contributed by atoms with Crippen LogP contribution in [0.2, 0.25) is 5.02 Å². The van der Waals surface area contributed by atoms with E-state index >= 15 is 0 Å². The monoisotopic (exact) mass is 507 g/mol. The molecule has 0 saturated heterocycles. The van der Waals surface area contributed by atoms with Crippen molar-refractivity contribution in [3.63, 3.8) is 0 Å². The lowest BCUT2D eigenvalue weighted by molar-refractivity contribution is 0.0528. The molecule has 30 heavy (non-hydrogen) atoms. The van der Waals surface area contributed by atoms with Crippen LogP contribution in [0.3, 0.4) is 0 Å². The molecule has 6 N–H and O–H groups in total. The Morgan fingerprint density at radius 2 is 2.07 bits per heavy atom. The SMILES string of the molecule is CC(C)(C)OC(=O)NCCCBr.NCCCOc1ccc(Cl)c2c1B(O)OC2CN. The van der Waals surface area contributed by atoms with Crippen molar-refractivity contribution in [2.45, 2.75) is 45.3 Å². The van der Waals surface area contributed by atoms with E-state index in [1.165, 1.54) is 0 Å². The van der Waals surface area contributed by atoms with Crippen LogP contribution in [0.15, 0.2) is 12.1 Å². The molecule has 1 heterocycles. The number of carbonyl (C=O) groups excluding carboxylic acids is 1. The average molecular weight is 509 g/mol. The number of hydrogen-bond acceptors (Lipinski definition) is 7. The number of amides is 1. The molecule has 170 valence electrons. The van der Waals surface area contributed by atoms with Gasteiger partial charge >= 0.3 is 13.2 Å². The van der Waals surface area contributed by atoms with Crippen LogP contribution in [0.5, 0.6) is 5.75 Å². The molecule has 1 aliphatic rings. The van der Waals surface area contributed by atoms with E-state index in [0.29, 0.717) is 35.9 Å². The molecule has 1 amide bonds. The first-order valence-corrected chi connectivity index (χ1v) is 11.4. The van der Waals surface area contributed by atoms with Crippen LogP contribution < -0.4 is 27.0 Å². The topological polar surface area (TPSA) is 129 Å². The van der Waals surface area contributed by atoms with Crippen molar-refractivity contribution >= 4 is 46.2 Å². The van der Waals surface area contributed by atoms with Gasteiger partial charge in [0.15, 0.2) is 0 Å². The summed E-state index contributed by atoms with van der Waals surface area (Å²) in [6.07, 6.45) is 0.928. The normalized spacial score (nSPS) is 15.2. The van der Waals surface area contributed by atoms with Crippen LogP contribution in [0.4, 0.5) is 4.79 Å². The predicted molar refractivity (Wildman–Crippen MR) is 124 cm³/mol. The second-order valence-corrected chi connectivity index (χ2v) is 8.75. The lowest BCUT2D eigenvalue weighted by Gasteiger charge is -2.19. The van der Waals surface area contributed by atoms with Crippen molar-refractivity contribution in [1.82, 2.24) is 5.32 Å². The van der Waals surface area contributed by atoms with E-state index in [4.69, 9.17) is 37.2 Å². The quantitative estimate of drug-likeness (QED) is 0.240. The van der Waals surface area contributed by atoms with Gasteiger partial charge in [-0.05, 0) is 52.3 Å². The molecule has 8 nitrogen and oxygen atoms in total. The van der Waals surface area contributed by atoms with Crippen molar-refractivity contribution in [2.24, 2.45) is 11.5 Å². The molecule has 1 aliphatic heterocycles. The summed E-state index contributed by atoms with van der Waals surface area (Å²) in [6, 6.07) is 3.45. The summed E-state index contributed by atoms with van der Waals surface area (Å²) in [4.78, 5) is 11.0. The van der Waals surface area contributed by atoms with Crippen LogP contribution >= 0.6 is 27.5 Å². The van der Waals surface area contributed by atoms with Gasteiger partial charge in [0, 0.05) is 34.5 Å². The Labute approximate surface area is 192 Å². The Balaban J connectivity index is 0.000000329. The van der Waals surface area contributed by atoms with Gasteiger partial charge in [0.05, 0.1) is 12.7 Å². The van der Waals surface area contributed by atoms with Gasteiger partial charge in [0.2, 0.25) is 0 Å². The minimum Gasteiger partial charge on any atom is -0.494 e. The summed E-state index contributed by atoms with van der Waals surface area (Å²) in [7, 11) is -1.04. The van der Waals surface area contributed by atoms with E-state index in [1.54, 1.807) is 12.1 Å². The van der Waals surface area contributed by atoms with Crippen LogP contribution in [0.25, 0.3) is 0 Å². The number of alkyl carbamates (subject to hydrolysis) is 1. The van der Waals surface area contributed by atoms with Crippen molar-refractivity contribution in [3.8, 4) is 5.75 Å². The first-order valence-electron chi connectivity index (χ1n) is 9.86. The maximum atomic E-state index is 11.0. The molecule has 2 rings (SSSR count). The zero-order valence-electron chi connectivity index (χ0n) is 17.7. The van der Waals surface area contributed by atoms with E-state index in [1.807, 2.05) is 20.8 Å². The number of ether oxygens (including phenoxy) is 2. The highest BCUT2D eigenvalue weighted by Crippen LogP contribution is 2.32. The molecule has 1 aromatic rings. The number of alkyl halides is 1. The zero-order valence-corrected chi connectivity index (χ0v) is 20.1. The van der Waals surface area contributed by atoms with Crippen molar-refractivity contribution < 1.29 is 23.9 Å². The molecule has 1 unspecified atom stereocenters. The predicted octanol–water partition coefficient (Wildman–Crippen LogP) is 2.08. The smallest absolute Gasteiger partial charge is 0.494 e. The highest BCUT2D eigenvalue weighted by Gasteiger charge is 2.39. The van der Waals surface area contributed by atoms with Crippen LogP contribution in [0.1, 0.15) is 45.3 Å². The first kappa shape index (κ1) is 27.0. The molecule has 0 spiro atoms. The summed E-state index contributed by atoms with van der Waals surface area (Å²) < 4.78 is 16.0. The standard InChI is InChI=1S/C11H16BClN2O3.C8H16BrNO2/c13-7-2-3-8(17-5-1-4-14)11-10(7)9(6-15)18-12(11)16;1-8(2,3)12-7(11)10-6-4-5-9/h2-3,9,16H,1,4-6,14-15H2;4-6H2,1-3H3,(H,10,11). The van der Waals surface area contributed by atoms with Gasteiger partial charge in [0.1, 0.15) is 11.4 Å². The number of fused-ring (bicyclic) bond motifs is 1. The molecule has 11 heteroatoms. The summed E-state index contributed by atoms with van der Waals surface area (Å²) in [5.41, 5.74) is 11.9. The largest absolute Gasteiger partial charge is 0.495 e. The van der Waals surface area contributed by atoms with Crippen molar-refractivity contribution in [2.75, 3.05) is 31.6 Å². The number of nitrogens with two attached hydrogens (primary N) is 2. The van der Waals surface area contributed by atoms with Gasteiger partial charge in [-0.1, -0.05) is 27.5 Å². The molecule has 0 aliphatic carbocycles. The molecule has 1 atom stereocenters. The highest BCUT2D eigenvalue weighted by atomic mass is 79.9. The fourth-order valence-electron chi connectivity index (χ4n) is 2.60. The van der Waals surface area contributed by atoms with Crippen LogP contribution in [-0.4, -0.2) is 55.4 Å². The van der Waals surface area contributed by atoms with E-state index in [0.717, 1.165) is 23.7 Å². The molecular weight excluding hydrogens is 476 g/mol. The lowest BCUT2D eigenvalue weighted by Crippen LogP contribution is -2.33. The van der Waals surface area contributed by atoms with Crippen LogP contribution in [-0.2, 0) is 9.39 Å². The van der Waals surface area contributed by atoms with Gasteiger partial charge in [-0.2, -0.15) is 0 Å². The summed E-state index contributed by atoms with van der Waals surface area (Å²) in [5, 5.41) is 14.0. The number of halogens is 2. The number of carbonyl (C=O) groups is 1. The number of benzene rings is 1. The number of nitrogens with one attached hydrogen (secondary N) is 1. The maximum absolute atomic E-state index is 11.0. The van der Waals surface area contributed by atoms with Crippen molar-refractivity contribution in [1.29, 1.82) is 0 Å². The third-order valence-corrected chi connectivity index (χ3v) is 4.75. The summed E-state index contributed by atoms with van der Waals surface area (Å²) in [5.74, 6) is 0.575. The highest BCUT2D eigenvalue weighted by molar-refractivity contribution is 9.09. The first-order chi connectivity index (χ1) is 14.1. The second-order valence-electron chi connectivity index (χ2n) is 7.55. The second kappa shape index (κ2) is 13.4. The minimum atomic E-state index is -1.04. The molecular formula is C19H32BBrClN3O5. The molecule has 0 fully saturated rings. The maximum Gasteiger partial charge on any atom is 0.495 e. The van der Waals surface area contributed by atoms with Gasteiger partial charge in [0.25, 0.3) is 0 Å². The van der Waals surface area contributed by atoms with Gasteiger partial charge in [-0.3, -0.25) is 0 Å². The lowest BCUT2D eigenvalue weighted by atomic mass is 9.78. The Kier molecular flexibility index (Phi) is 12.1. The number of hydrogen-bond donors (Lipinski definition) is 4. The molecule has 0 saturated carbocycles. The van der Waals surface area contributed by atoms with E-state index in [-0.39, 0.29) is 18.7 Å². The summed E-state index contributed by atoms with van der Waals surface area (Å²) >= 11 is 9.39. The Morgan fingerprint density at radius 3 is 2.63 bits per heavy atom. The Bertz CT molecular complexity index is 678. The fraction of sp³-hybridized carbons (Fsp3) is 0.632. The number of rotatable bonds is 8. The minimum absolute atomic E-state index is 0.260. The fourth-order valence-corrected chi connectivity index (χ4v) is 3.17. The third kappa shape index (κ3) is 8.99. The van der Waals surface area contributed by atoms with Crippen LogP contribution in [0, 0.1) is 0 Å². The zero-order chi connectivity index (χ0) is 22.7. The van der Waals surface area contributed by atoms with E-state index in [9.17, 15) is 9.82 Å². The summed E-state index contributed by atoms with van der Waals surface area (Å²) in [6.45, 7) is 7.49. The van der Waals surface area contributed by atoms with E-state index < -0.39 is 12.7 Å². The molecule has 1 aromatic carbocycles. The van der Waals surface area contributed by atoms with Crippen molar-refractivity contribution in [3.05, 3.63) is 22.7 Å². The molecule has 0 radical (unpaired) electrons. The van der Waals surface area contributed by atoms with Gasteiger partial charge in [-0.25, -0.2) is 4.79 Å². The molecule has 0 aromatic heterocycles. The average Bonchev–Trinajstić information content (AvgIpc) is 3.01.